The van der Waals surface area contributed by atoms with Crippen molar-refractivity contribution in [3.8, 4) is 0 Å². The van der Waals surface area contributed by atoms with Gasteiger partial charge in [-0.2, -0.15) is 4.79 Å². The minimum atomic E-state index is -0.432. The summed E-state index contributed by atoms with van der Waals surface area (Å²) in [6, 6.07) is 27.9. The molecular weight excluding hydrogens is 384 g/mol. The van der Waals surface area contributed by atoms with Gasteiger partial charge >= 0.3 is 5.71 Å². The zero-order chi connectivity index (χ0) is 21.6. The Kier molecular flexibility index (Phi) is 6.11. The molecule has 0 unspecified atom stereocenters. The van der Waals surface area contributed by atoms with Gasteiger partial charge in [0, 0.05) is 12.8 Å². The highest BCUT2D eigenvalue weighted by Crippen LogP contribution is 2.21. The van der Waals surface area contributed by atoms with Gasteiger partial charge in [-0.1, -0.05) is 84.9 Å². The van der Waals surface area contributed by atoms with Crippen molar-refractivity contribution in [3.63, 3.8) is 0 Å². The number of carbonyl (C=O) groups excluding carboxylic acids is 2. The second kappa shape index (κ2) is 9.29. The summed E-state index contributed by atoms with van der Waals surface area (Å²) >= 11 is 0. The van der Waals surface area contributed by atoms with E-state index >= 15 is 0 Å². The van der Waals surface area contributed by atoms with Crippen molar-refractivity contribution in [1.82, 2.24) is 0 Å². The van der Waals surface area contributed by atoms with Crippen molar-refractivity contribution in [2.75, 3.05) is 0 Å². The Morgan fingerprint density at radius 1 is 0.613 bits per heavy atom. The summed E-state index contributed by atoms with van der Waals surface area (Å²) in [5, 5.41) is 4.38. The zero-order valence-corrected chi connectivity index (χ0v) is 17.1. The number of hydrogen-bond acceptors (Lipinski definition) is 2. The first-order valence-electron chi connectivity index (χ1n) is 10.4. The van der Waals surface area contributed by atoms with Gasteiger partial charge < -0.3 is 5.53 Å². The molecule has 0 atom stereocenters. The zero-order valence-electron chi connectivity index (χ0n) is 17.1. The maximum absolute atomic E-state index is 12.6. The van der Waals surface area contributed by atoms with Gasteiger partial charge in [-0.25, -0.2) is 0 Å². The summed E-state index contributed by atoms with van der Waals surface area (Å²) in [7, 11) is 0. The van der Waals surface area contributed by atoms with Gasteiger partial charge in [0.2, 0.25) is 11.6 Å². The first kappa shape index (κ1) is 20.4. The number of benzene rings is 4. The van der Waals surface area contributed by atoms with Crippen molar-refractivity contribution in [2.45, 2.75) is 25.7 Å². The molecule has 0 amide bonds. The molecule has 4 aromatic carbocycles. The molecule has 0 bridgehead atoms. The highest BCUT2D eigenvalue weighted by molar-refractivity contribution is 6.64. The second-order valence-corrected chi connectivity index (χ2v) is 7.57. The Hall–Kier alpha value is -3.88. The lowest BCUT2D eigenvalue weighted by Crippen LogP contribution is -2.26. The molecule has 0 saturated heterocycles. The normalized spacial score (nSPS) is 10.7. The fraction of sp³-hybridized carbons (Fsp3) is 0.148. The molecular formula is C27H22N2O2. The molecule has 31 heavy (non-hydrogen) atoms. The van der Waals surface area contributed by atoms with E-state index < -0.39 is 11.6 Å². The lowest BCUT2D eigenvalue weighted by molar-refractivity contribution is -0.124. The topological polar surface area (TPSA) is 70.5 Å². The molecule has 4 aromatic rings. The first-order valence-corrected chi connectivity index (χ1v) is 10.4. The summed E-state index contributed by atoms with van der Waals surface area (Å²) in [6.45, 7) is 0. The monoisotopic (exact) mass is 406 g/mol. The van der Waals surface area contributed by atoms with Crippen LogP contribution in [0.4, 0.5) is 0 Å². The highest BCUT2D eigenvalue weighted by atomic mass is 16.1. The fourth-order valence-electron chi connectivity index (χ4n) is 4.02. The smallest absolute Gasteiger partial charge is 0.360 e. The number of fused-ring (bicyclic) bond motifs is 2. The van der Waals surface area contributed by atoms with Crippen LogP contribution in [0.5, 0.6) is 0 Å². The summed E-state index contributed by atoms with van der Waals surface area (Å²) in [4.78, 5) is 28.3. The minimum absolute atomic E-state index is 0.118. The van der Waals surface area contributed by atoms with Gasteiger partial charge in [0.1, 0.15) is 0 Å². The fourth-order valence-corrected chi connectivity index (χ4v) is 4.02. The Morgan fingerprint density at radius 2 is 1.03 bits per heavy atom. The Balaban J connectivity index is 1.42. The summed E-state index contributed by atoms with van der Waals surface area (Å²) in [5.74, 6) is -0.864. The van der Waals surface area contributed by atoms with Crippen LogP contribution in [0.15, 0.2) is 84.9 Å². The lowest BCUT2D eigenvalue weighted by Gasteiger charge is -2.06. The number of hydrogen-bond donors (Lipinski definition) is 0. The van der Waals surface area contributed by atoms with Gasteiger partial charge in [0.25, 0.3) is 0 Å². The molecule has 0 aromatic heterocycles. The van der Waals surface area contributed by atoms with Crippen molar-refractivity contribution in [1.29, 1.82) is 0 Å². The Morgan fingerprint density at radius 3 is 1.48 bits per heavy atom. The summed E-state index contributed by atoms with van der Waals surface area (Å²) < 4.78 is 0. The number of nitrogens with zero attached hydrogens (tertiary/aromatic N) is 2. The van der Waals surface area contributed by atoms with E-state index in [9.17, 15) is 15.1 Å². The Bertz CT molecular complexity index is 1230. The molecule has 4 rings (SSSR count). The predicted octanol–water partition coefficient (Wildman–Crippen LogP) is 5.37. The minimum Gasteiger partial charge on any atom is -0.360 e. The number of rotatable bonds is 8. The van der Waals surface area contributed by atoms with Gasteiger partial charge in [-0.3, -0.25) is 9.59 Å². The van der Waals surface area contributed by atoms with Crippen LogP contribution in [0.1, 0.15) is 24.0 Å². The van der Waals surface area contributed by atoms with E-state index in [4.69, 9.17) is 0 Å². The van der Waals surface area contributed by atoms with E-state index in [2.05, 4.69) is 4.79 Å². The van der Waals surface area contributed by atoms with Crippen LogP contribution >= 0.6 is 0 Å². The highest BCUT2D eigenvalue weighted by Gasteiger charge is 2.28. The number of carbonyl (C=O) groups is 2. The van der Waals surface area contributed by atoms with E-state index in [1.165, 1.54) is 0 Å². The van der Waals surface area contributed by atoms with Gasteiger partial charge in [-0.15, -0.1) is 0 Å². The maximum atomic E-state index is 12.6. The van der Waals surface area contributed by atoms with E-state index in [0.717, 1.165) is 32.7 Å². The molecule has 152 valence electrons. The molecule has 0 aliphatic carbocycles. The third-order valence-corrected chi connectivity index (χ3v) is 5.63. The van der Waals surface area contributed by atoms with Crippen molar-refractivity contribution in [2.24, 2.45) is 0 Å². The van der Waals surface area contributed by atoms with Crippen LogP contribution in [0.3, 0.4) is 0 Å². The third-order valence-electron chi connectivity index (χ3n) is 5.63. The molecule has 0 spiro atoms. The SMILES string of the molecule is [N-]=[N+]=C(C(=O)CCc1cccc2ccccc12)C(=O)CCc1cccc2ccccc12. The van der Waals surface area contributed by atoms with Crippen LogP contribution in [0.25, 0.3) is 27.1 Å². The van der Waals surface area contributed by atoms with E-state index in [-0.39, 0.29) is 18.6 Å². The Labute approximate surface area is 180 Å². The van der Waals surface area contributed by atoms with Gasteiger partial charge in [-0.05, 0) is 45.5 Å². The number of Topliss-reactive ketones (excluding diaryl/α,β-unsaturated/α-hetero) is 2. The average molecular weight is 406 g/mol. The number of aryl methyl sites for hydroxylation is 2. The van der Waals surface area contributed by atoms with E-state index in [1.54, 1.807) is 0 Å². The van der Waals surface area contributed by atoms with Crippen molar-refractivity contribution >= 4 is 38.8 Å². The van der Waals surface area contributed by atoms with Crippen molar-refractivity contribution < 1.29 is 14.4 Å². The van der Waals surface area contributed by atoms with Crippen LogP contribution in [-0.4, -0.2) is 22.1 Å². The van der Waals surface area contributed by atoms with E-state index in [0.29, 0.717) is 12.8 Å². The largest absolute Gasteiger partial charge is 0.400 e. The molecule has 0 saturated carbocycles. The molecule has 0 radical (unpaired) electrons. The van der Waals surface area contributed by atoms with Gasteiger partial charge in [0.15, 0.2) is 0 Å². The third kappa shape index (κ3) is 4.50. The lowest BCUT2D eigenvalue weighted by atomic mass is 9.96. The molecule has 4 heteroatoms. The summed E-state index contributed by atoms with van der Waals surface area (Å²) in [5.41, 5.74) is 11.1. The maximum Gasteiger partial charge on any atom is 0.400 e. The first-order chi connectivity index (χ1) is 15.2. The molecule has 0 aliphatic heterocycles. The number of ketones is 2. The van der Waals surface area contributed by atoms with E-state index in [1.807, 2.05) is 84.9 Å². The summed E-state index contributed by atoms with van der Waals surface area (Å²) in [6.07, 6.45) is 1.20. The molecule has 4 nitrogen and oxygen atoms in total. The molecule has 0 N–H and O–H groups in total. The van der Waals surface area contributed by atoms with Crippen molar-refractivity contribution in [3.05, 3.63) is 102 Å². The predicted molar refractivity (Wildman–Crippen MR) is 123 cm³/mol. The van der Waals surface area contributed by atoms with Gasteiger partial charge in [0.05, 0.1) is 0 Å². The average Bonchev–Trinajstić information content (AvgIpc) is 2.81. The molecule has 0 aliphatic rings. The standard InChI is InChI=1S/C27H22N2O2/c28-29-27(25(30)17-15-21-11-5-9-19-7-1-3-13-23(19)21)26(31)18-16-22-12-6-10-20-8-2-4-14-24(20)22/h1-14H,15-18H2. The van der Waals surface area contributed by atoms with Crippen LogP contribution < -0.4 is 0 Å². The molecule has 0 fully saturated rings. The van der Waals surface area contributed by atoms with Crippen LogP contribution in [-0.2, 0) is 22.4 Å². The second-order valence-electron chi connectivity index (χ2n) is 7.57. The van der Waals surface area contributed by atoms with Crippen LogP contribution in [0, 0.1) is 0 Å². The van der Waals surface area contributed by atoms with Crippen LogP contribution in [0.2, 0.25) is 0 Å². The molecule has 0 heterocycles. The quantitative estimate of drug-likeness (QED) is 0.171.